The molecule has 1 aliphatic rings. The topological polar surface area (TPSA) is 86.6 Å². The van der Waals surface area contributed by atoms with Crippen LogP contribution in [0.1, 0.15) is 6.42 Å². The number of hydrogen-bond acceptors (Lipinski definition) is 6. The van der Waals surface area contributed by atoms with Crippen molar-refractivity contribution in [2.24, 2.45) is 0 Å². The molecule has 0 radical (unpaired) electrons. The molecule has 30 heavy (non-hydrogen) atoms. The van der Waals surface area contributed by atoms with Crippen LogP contribution in [0.3, 0.4) is 0 Å². The number of carbonyl (C=O) groups excluding carboxylic acids is 1. The van der Waals surface area contributed by atoms with Gasteiger partial charge in [-0.05, 0) is 49.4 Å². The van der Waals surface area contributed by atoms with E-state index in [1.807, 2.05) is 36.4 Å². The van der Waals surface area contributed by atoms with Gasteiger partial charge in [0.15, 0.2) is 0 Å². The van der Waals surface area contributed by atoms with Gasteiger partial charge in [-0.25, -0.2) is 0 Å². The van der Waals surface area contributed by atoms with Crippen LogP contribution < -0.4 is 15.4 Å². The van der Waals surface area contributed by atoms with E-state index in [9.17, 15) is 10.1 Å². The average molecular weight is 406 g/mol. The minimum Gasteiger partial charge on any atom is -0.457 e. The van der Waals surface area contributed by atoms with Crippen LogP contribution in [0.2, 0.25) is 0 Å². The second kappa shape index (κ2) is 11.6. The third-order valence-corrected chi connectivity index (χ3v) is 4.60. The van der Waals surface area contributed by atoms with Gasteiger partial charge >= 0.3 is 0 Å². The number of nitriles is 1. The third kappa shape index (κ3) is 6.92. The van der Waals surface area contributed by atoms with Gasteiger partial charge in [-0.2, -0.15) is 5.26 Å². The number of hydrogen-bond donors (Lipinski definition) is 2. The molecule has 0 spiro atoms. The van der Waals surface area contributed by atoms with E-state index in [4.69, 9.17) is 9.47 Å². The lowest BCUT2D eigenvalue weighted by molar-refractivity contribution is -0.112. The highest BCUT2D eigenvalue weighted by molar-refractivity contribution is 6.06. The van der Waals surface area contributed by atoms with Crippen molar-refractivity contribution >= 4 is 11.6 Å². The maximum absolute atomic E-state index is 12.3. The number of para-hydroxylation sites is 1. The molecule has 0 unspecified atom stereocenters. The number of amides is 1. The summed E-state index contributed by atoms with van der Waals surface area (Å²) in [4.78, 5) is 14.7. The second-order valence-corrected chi connectivity index (χ2v) is 6.83. The smallest absolute Gasteiger partial charge is 0.267 e. The largest absolute Gasteiger partial charge is 0.457 e. The molecule has 7 nitrogen and oxygen atoms in total. The summed E-state index contributed by atoms with van der Waals surface area (Å²) < 4.78 is 11.1. The quantitative estimate of drug-likeness (QED) is 0.378. The van der Waals surface area contributed by atoms with Gasteiger partial charge in [-0.15, -0.1) is 0 Å². The van der Waals surface area contributed by atoms with Crippen LogP contribution in [0, 0.1) is 11.3 Å². The molecule has 0 aliphatic carbocycles. The molecule has 1 amide bonds. The molecular formula is C23H26N4O3. The fourth-order valence-corrected chi connectivity index (χ4v) is 2.98. The van der Waals surface area contributed by atoms with Gasteiger partial charge in [0, 0.05) is 31.5 Å². The number of carbonyl (C=O) groups is 1. The molecule has 1 fully saturated rings. The van der Waals surface area contributed by atoms with E-state index < -0.39 is 5.91 Å². The van der Waals surface area contributed by atoms with Gasteiger partial charge in [0.05, 0.1) is 13.2 Å². The summed E-state index contributed by atoms with van der Waals surface area (Å²) in [6.07, 6.45) is 2.40. The van der Waals surface area contributed by atoms with Gasteiger partial charge in [0.2, 0.25) is 0 Å². The van der Waals surface area contributed by atoms with Crippen molar-refractivity contribution in [1.82, 2.24) is 10.2 Å². The zero-order chi connectivity index (χ0) is 21.0. The molecule has 2 aromatic carbocycles. The first kappa shape index (κ1) is 21.4. The van der Waals surface area contributed by atoms with E-state index in [2.05, 4.69) is 15.5 Å². The van der Waals surface area contributed by atoms with E-state index in [0.29, 0.717) is 18.0 Å². The van der Waals surface area contributed by atoms with Crippen molar-refractivity contribution in [3.05, 3.63) is 66.4 Å². The first-order chi connectivity index (χ1) is 14.7. The molecule has 0 bridgehead atoms. The van der Waals surface area contributed by atoms with Gasteiger partial charge in [-0.3, -0.25) is 9.69 Å². The Bertz CT molecular complexity index is 870. The van der Waals surface area contributed by atoms with Crippen molar-refractivity contribution in [2.45, 2.75) is 6.42 Å². The summed E-state index contributed by atoms with van der Waals surface area (Å²) in [6, 6.07) is 18.4. The van der Waals surface area contributed by atoms with Gasteiger partial charge in [-0.1, -0.05) is 18.2 Å². The van der Waals surface area contributed by atoms with Crippen LogP contribution in [0.15, 0.2) is 66.4 Å². The first-order valence-corrected chi connectivity index (χ1v) is 10.0. The zero-order valence-electron chi connectivity index (χ0n) is 16.8. The fraction of sp³-hybridized carbons (Fsp3) is 0.304. The van der Waals surface area contributed by atoms with Crippen molar-refractivity contribution in [3.63, 3.8) is 0 Å². The Balaban J connectivity index is 1.43. The Morgan fingerprint density at radius 1 is 1.10 bits per heavy atom. The van der Waals surface area contributed by atoms with Crippen LogP contribution in [-0.2, 0) is 9.53 Å². The Morgan fingerprint density at radius 2 is 1.80 bits per heavy atom. The van der Waals surface area contributed by atoms with Crippen LogP contribution >= 0.6 is 0 Å². The number of ether oxygens (including phenoxy) is 2. The molecule has 1 saturated heterocycles. The molecule has 1 heterocycles. The average Bonchev–Trinajstić information content (AvgIpc) is 2.79. The molecule has 7 heteroatoms. The van der Waals surface area contributed by atoms with Crippen molar-refractivity contribution in [3.8, 4) is 17.6 Å². The minimum atomic E-state index is -0.449. The number of nitrogens with zero attached hydrogens (tertiary/aromatic N) is 2. The fourth-order valence-electron chi connectivity index (χ4n) is 2.98. The predicted molar refractivity (Wildman–Crippen MR) is 115 cm³/mol. The highest BCUT2D eigenvalue weighted by atomic mass is 16.5. The number of benzene rings is 2. The maximum atomic E-state index is 12.3. The number of anilines is 1. The van der Waals surface area contributed by atoms with Crippen molar-refractivity contribution in [1.29, 1.82) is 5.26 Å². The lowest BCUT2D eigenvalue weighted by Crippen LogP contribution is -2.37. The molecule has 0 aromatic heterocycles. The molecule has 3 rings (SSSR count). The van der Waals surface area contributed by atoms with Crippen molar-refractivity contribution < 1.29 is 14.3 Å². The normalized spacial score (nSPS) is 14.6. The van der Waals surface area contributed by atoms with Crippen molar-refractivity contribution in [2.75, 3.05) is 44.7 Å². The Labute approximate surface area is 176 Å². The van der Waals surface area contributed by atoms with Crippen LogP contribution in [0.5, 0.6) is 11.5 Å². The Hall–Kier alpha value is -3.34. The monoisotopic (exact) mass is 406 g/mol. The number of nitrogens with one attached hydrogen (secondary N) is 2. The molecule has 1 aliphatic heterocycles. The van der Waals surface area contributed by atoms with Gasteiger partial charge in [0.1, 0.15) is 23.1 Å². The molecular weight excluding hydrogens is 380 g/mol. The number of morpholine rings is 1. The Morgan fingerprint density at radius 3 is 2.50 bits per heavy atom. The summed E-state index contributed by atoms with van der Waals surface area (Å²) in [5, 5.41) is 15.1. The molecule has 0 saturated carbocycles. The minimum absolute atomic E-state index is 0.0333. The highest BCUT2D eigenvalue weighted by Crippen LogP contribution is 2.22. The summed E-state index contributed by atoms with van der Waals surface area (Å²) in [5.74, 6) is 0.954. The predicted octanol–water partition coefficient (Wildman–Crippen LogP) is 3.14. The van der Waals surface area contributed by atoms with Crippen LogP contribution in [-0.4, -0.2) is 50.2 Å². The lowest BCUT2D eigenvalue weighted by Gasteiger charge is -2.26. The lowest BCUT2D eigenvalue weighted by atomic mass is 10.2. The third-order valence-electron chi connectivity index (χ3n) is 4.60. The summed E-state index contributed by atoms with van der Waals surface area (Å²) >= 11 is 0. The second-order valence-electron chi connectivity index (χ2n) is 6.83. The molecule has 0 atom stereocenters. The van der Waals surface area contributed by atoms with E-state index >= 15 is 0 Å². The maximum Gasteiger partial charge on any atom is 0.267 e. The summed E-state index contributed by atoms with van der Waals surface area (Å²) in [6.45, 7) is 5.14. The van der Waals surface area contributed by atoms with E-state index in [1.54, 1.807) is 24.3 Å². The van der Waals surface area contributed by atoms with Gasteiger partial charge < -0.3 is 20.1 Å². The van der Waals surface area contributed by atoms with Crippen LogP contribution in [0.4, 0.5) is 5.69 Å². The van der Waals surface area contributed by atoms with Gasteiger partial charge in [0.25, 0.3) is 5.91 Å². The SMILES string of the molecule is N#C/C(=C/NCCCN1CCOCC1)C(=O)Nc1ccc(Oc2ccccc2)cc1. The first-order valence-electron chi connectivity index (χ1n) is 10.0. The van der Waals surface area contributed by atoms with E-state index in [1.165, 1.54) is 6.20 Å². The van der Waals surface area contributed by atoms with E-state index in [0.717, 1.165) is 45.0 Å². The molecule has 2 aromatic rings. The Kier molecular flexibility index (Phi) is 8.27. The zero-order valence-corrected chi connectivity index (χ0v) is 16.8. The number of rotatable bonds is 9. The summed E-state index contributed by atoms with van der Waals surface area (Å²) in [7, 11) is 0. The molecule has 156 valence electrons. The standard InChI is InChI=1S/C23H26N4O3/c24-17-19(18-25-11-4-12-27-13-15-29-16-14-27)23(28)26-20-7-9-22(10-8-20)30-21-5-2-1-3-6-21/h1-3,5-10,18,25H,4,11-16H2,(H,26,28)/b19-18-. The highest BCUT2D eigenvalue weighted by Gasteiger charge is 2.11. The molecule has 2 N–H and O–H groups in total. The van der Waals surface area contributed by atoms with Crippen LogP contribution in [0.25, 0.3) is 0 Å². The van der Waals surface area contributed by atoms with E-state index in [-0.39, 0.29) is 5.57 Å². The summed E-state index contributed by atoms with van der Waals surface area (Å²) in [5.41, 5.74) is 0.625.